The number of rotatable bonds is 3. The minimum absolute atomic E-state index is 0.0888. The Bertz CT molecular complexity index is 749. The molecule has 1 aromatic carbocycles. The maximum Gasteiger partial charge on any atom is 0.248 e. The lowest BCUT2D eigenvalue weighted by Gasteiger charge is -2.06. The first-order chi connectivity index (χ1) is 8.79. The van der Waals surface area contributed by atoms with Crippen molar-refractivity contribution in [2.45, 2.75) is 4.90 Å². The Balaban J connectivity index is 2.48. The van der Waals surface area contributed by atoms with Crippen molar-refractivity contribution >= 4 is 21.4 Å². The zero-order chi connectivity index (χ0) is 14.2. The van der Waals surface area contributed by atoms with Crippen molar-refractivity contribution < 1.29 is 13.2 Å². The maximum absolute atomic E-state index is 11.4. The average Bonchev–Trinajstić information content (AvgIpc) is 2.77. The van der Waals surface area contributed by atoms with Crippen LogP contribution in [-0.2, 0) is 9.84 Å². The topological polar surface area (TPSA) is 121 Å². The highest BCUT2D eigenvalue weighted by atomic mass is 32.2. The number of aromatic nitrogens is 2. The Kier molecular flexibility index (Phi) is 3.03. The summed E-state index contributed by atoms with van der Waals surface area (Å²) in [6.45, 7) is 0. The van der Waals surface area contributed by atoms with Gasteiger partial charge in [0.15, 0.2) is 9.84 Å². The van der Waals surface area contributed by atoms with Crippen LogP contribution in [0.3, 0.4) is 0 Å². The lowest BCUT2D eigenvalue weighted by atomic mass is 10.1. The summed E-state index contributed by atoms with van der Waals surface area (Å²) in [4.78, 5) is 11.1. The standard InChI is InChI=1S/C11H12N4O3S/c1-19(17,18)8-5-14-15(6-8)10-3-2-7(11(13)16)4-9(10)12/h2-6H,12H2,1H3,(H2,13,16). The van der Waals surface area contributed by atoms with Gasteiger partial charge in [-0.2, -0.15) is 5.10 Å². The van der Waals surface area contributed by atoms with Crippen LogP contribution < -0.4 is 11.5 Å². The fraction of sp³-hybridized carbons (Fsp3) is 0.0909. The highest BCUT2D eigenvalue weighted by Crippen LogP contribution is 2.19. The largest absolute Gasteiger partial charge is 0.397 e. The van der Waals surface area contributed by atoms with E-state index in [9.17, 15) is 13.2 Å². The molecule has 0 fully saturated rings. The van der Waals surface area contributed by atoms with Crippen molar-refractivity contribution in [1.29, 1.82) is 0 Å². The van der Waals surface area contributed by atoms with E-state index in [0.29, 0.717) is 5.69 Å². The first kappa shape index (κ1) is 13.1. The van der Waals surface area contributed by atoms with E-state index < -0.39 is 15.7 Å². The molecule has 19 heavy (non-hydrogen) atoms. The minimum atomic E-state index is -3.32. The van der Waals surface area contributed by atoms with Crippen molar-refractivity contribution in [1.82, 2.24) is 9.78 Å². The number of nitrogens with zero attached hydrogens (tertiary/aromatic N) is 2. The summed E-state index contributed by atoms with van der Waals surface area (Å²) in [5.74, 6) is -0.587. The van der Waals surface area contributed by atoms with Gasteiger partial charge in [0, 0.05) is 18.0 Å². The average molecular weight is 280 g/mol. The number of carbonyl (C=O) groups is 1. The van der Waals surface area contributed by atoms with Gasteiger partial charge in [0.05, 0.1) is 17.6 Å². The predicted octanol–water partition coefficient (Wildman–Crippen LogP) is -0.0431. The Labute approximate surface area is 109 Å². The third kappa shape index (κ3) is 2.58. The van der Waals surface area contributed by atoms with Gasteiger partial charge in [0.1, 0.15) is 4.90 Å². The van der Waals surface area contributed by atoms with E-state index in [-0.39, 0.29) is 16.1 Å². The molecule has 1 amide bonds. The first-order valence-electron chi connectivity index (χ1n) is 5.23. The number of amides is 1. The molecule has 4 N–H and O–H groups in total. The van der Waals surface area contributed by atoms with Gasteiger partial charge in [-0.25, -0.2) is 13.1 Å². The summed E-state index contributed by atoms with van der Waals surface area (Å²) in [7, 11) is -3.32. The van der Waals surface area contributed by atoms with Gasteiger partial charge in [0.25, 0.3) is 0 Å². The van der Waals surface area contributed by atoms with Crippen LogP contribution in [0.5, 0.6) is 0 Å². The molecule has 0 radical (unpaired) electrons. The molecule has 0 saturated heterocycles. The number of carbonyl (C=O) groups excluding carboxylic acids is 1. The number of hydrogen-bond donors (Lipinski definition) is 2. The number of benzene rings is 1. The van der Waals surface area contributed by atoms with Crippen LogP contribution in [0.1, 0.15) is 10.4 Å². The number of hydrogen-bond acceptors (Lipinski definition) is 5. The molecule has 0 aliphatic heterocycles. The number of nitrogens with two attached hydrogens (primary N) is 2. The molecular formula is C11H12N4O3S. The molecule has 0 aliphatic carbocycles. The Morgan fingerprint density at radius 1 is 1.37 bits per heavy atom. The Morgan fingerprint density at radius 2 is 2.05 bits per heavy atom. The molecule has 0 saturated carbocycles. The van der Waals surface area contributed by atoms with Gasteiger partial charge >= 0.3 is 0 Å². The van der Waals surface area contributed by atoms with Crippen LogP contribution in [-0.4, -0.2) is 30.4 Å². The monoisotopic (exact) mass is 280 g/mol. The second-order valence-corrected chi connectivity index (χ2v) is 6.05. The van der Waals surface area contributed by atoms with E-state index in [0.717, 1.165) is 6.26 Å². The summed E-state index contributed by atoms with van der Waals surface area (Å²) >= 11 is 0. The van der Waals surface area contributed by atoms with E-state index in [4.69, 9.17) is 11.5 Å². The smallest absolute Gasteiger partial charge is 0.248 e. The molecule has 8 heteroatoms. The SMILES string of the molecule is CS(=O)(=O)c1cnn(-c2ccc(C(N)=O)cc2N)c1. The van der Waals surface area contributed by atoms with E-state index >= 15 is 0 Å². The summed E-state index contributed by atoms with van der Waals surface area (Å²) in [5, 5.41) is 3.93. The summed E-state index contributed by atoms with van der Waals surface area (Å²) in [6.07, 6.45) is 3.68. The molecule has 0 bridgehead atoms. The van der Waals surface area contributed by atoms with Gasteiger partial charge in [-0.15, -0.1) is 0 Å². The highest BCUT2D eigenvalue weighted by molar-refractivity contribution is 7.90. The normalized spacial score (nSPS) is 11.4. The van der Waals surface area contributed by atoms with E-state index in [1.54, 1.807) is 6.07 Å². The van der Waals surface area contributed by atoms with Crippen LogP contribution >= 0.6 is 0 Å². The maximum atomic E-state index is 11.4. The molecule has 0 aliphatic rings. The third-order valence-electron chi connectivity index (χ3n) is 2.55. The first-order valence-corrected chi connectivity index (χ1v) is 7.12. The van der Waals surface area contributed by atoms with Crippen molar-refractivity contribution in [2.75, 3.05) is 12.0 Å². The van der Waals surface area contributed by atoms with Crippen molar-refractivity contribution in [3.63, 3.8) is 0 Å². The van der Waals surface area contributed by atoms with Crippen LogP contribution in [0.4, 0.5) is 5.69 Å². The summed E-state index contributed by atoms with van der Waals surface area (Å²) in [6, 6.07) is 4.46. The van der Waals surface area contributed by atoms with Crippen LogP contribution in [0.15, 0.2) is 35.5 Å². The fourth-order valence-corrected chi connectivity index (χ4v) is 2.08. The van der Waals surface area contributed by atoms with E-state index in [2.05, 4.69) is 5.10 Å². The minimum Gasteiger partial charge on any atom is -0.397 e. The second-order valence-electron chi connectivity index (χ2n) is 4.03. The molecule has 0 unspecified atom stereocenters. The number of sulfone groups is 1. The zero-order valence-corrected chi connectivity index (χ0v) is 10.9. The van der Waals surface area contributed by atoms with Crippen LogP contribution in [0.25, 0.3) is 5.69 Å². The molecule has 7 nitrogen and oxygen atoms in total. The Morgan fingerprint density at radius 3 is 2.53 bits per heavy atom. The van der Waals surface area contributed by atoms with Crippen molar-refractivity contribution in [3.8, 4) is 5.69 Å². The zero-order valence-electron chi connectivity index (χ0n) is 10.1. The van der Waals surface area contributed by atoms with Crippen LogP contribution in [0, 0.1) is 0 Å². The van der Waals surface area contributed by atoms with E-state index in [1.165, 1.54) is 29.2 Å². The lowest BCUT2D eigenvalue weighted by Crippen LogP contribution is -2.12. The molecule has 2 rings (SSSR count). The number of anilines is 1. The molecule has 1 heterocycles. The lowest BCUT2D eigenvalue weighted by molar-refractivity contribution is 0.100. The van der Waals surface area contributed by atoms with Gasteiger partial charge in [-0.3, -0.25) is 4.79 Å². The predicted molar refractivity (Wildman–Crippen MR) is 69.6 cm³/mol. The molecule has 0 spiro atoms. The molecular weight excluding hydrogens is 268 g/mol. The molecule has 2 aromatic rings. The van der Waals surface area contributed by atoms with E-state index in [1.807, 2.05) is 0 Å². The van der Waals surface area contributed by atoms with Gasteiger partial charge < -0.3 is 11.5 Å². The fourth-order valence-electron chi connectivity index (χ4n) is 1.55. The van der Waals surface area contributed by atoms with Crippen molar-refractivity contribution in [3.05, 3.63) is 36.2 Å². The number of primary amides is 1. The highest BCUT2D eigenvalue weighted by Gasteiger charge is 2.12. The molecule has 1 aromatic heterocycles. The quantitative estimate of drug-likeness (QED) is 0.764. The number of nitrogen functional groups attached to an aromatic ring is 1. The Hall–Kier alpha value is -2.35. The molecule has 0 atom stereocenters. The van der Waals surface area contributed by atoms with Gasteiger partial charge in [0.2, 0.25) is 5.91 Å². The third-order valence-corrected chi connectivity index (χ3v) is 3.61. The van der Waals surface area contributed by atoms with Gasteiger partial charge in [-0.05, 0) is 18.2 Å². The summed E-state index contributed by atoms with van der Waals surface area (Å²) in [5.41, 5.74) is 12.0. The summed E-state index contributed by atoms with van der Waals surface area (Å²) < 4.78 is 24.1. The van der Waals surface area contributed by atoms with Crippen molar-refractivity contribution in [2.24, 2.45) is 5.73 Å². The second kappa shape index (κ2) is 4.39. The van der Waals surface area contributed by atoms with Gasteiger partial charge in [-0.1, -0.05) is 0 Å². The van der Waals surface area contributed by atoms with Crippen LogP contribution in [0.2, 0.25) is 0 Å². The molecule has 100 valence electrons.